The van der Waals surface area contributed by atoms with E-state index in [0.29, 0.717) is 23.3 Å². The highest BCUT2D eigenvalue weighted by Gasteiger charge is 2.32. The number of carbonyl (C=O) groups excluding carboxylic acids is 2. The van der Waals surface area contributed by atoms with Crippen molar-refractivity contribution in [3.05, 3.63) is 64.1 Å². The number of para-hydroxylation sites is 1. The number of hydrogen-bond donors (Lipinski definition) is 0. The van der Waals surface area contributed by atoms with Crippen molar-refractivity contribution in [1.82, 2.24) is 4.57 Å². The van der Waals surface area contributed by atoms with E-state index in [-0.39, 0.29) is 6.04 Å². The maximum Gasteiger partial charge on any atom is 0.417 e. The lowest BCUT2D eigenvalue weighted by molar-refractivity contribution is -0.148. The fourth-order valence-electron chi connectivity index (χ4n) is 3.16. The Morgan fingerprint density at radius 2 is 1.89 bits per heavy atom. The molecule has 2 aromatic rings. The van der Waals surface area contributed by atoms with Crippen molar-refractivity contribution in [3.8, 4) is 0 Å². The van der Waals surface area contributed by atoms with Crippen LogP contribution in [0, 0.1) is 0 Å². The minimum absolute atomic E-state index is 0.102. The molecule has 0 bridgehead atoms. The first kappa shape index (κ1) is 19.7. The smallest absolute Gasteiger partial charge is 0.417 e. The highest BCUT2D eigenvalue weighted by Crippen LogP contribution is 2.31. The molecule has 1 aromatic carbocycles. The number of carbonyl (C=O) groups is 2. The third kappa shape index (κ3) is 4.08. The van der Waals surface area contributed by atoms with Crippen LogP contribution in [0.3, 0.4) is 0 Å². The van der Waals surface area contributed by atoms with Crippen LogP contribution in [0.15, 0.2) is 47.4 Å². The van der Waals surface area contributed by atoms with Crippen molar-refractivity contribution in [2.75, 3.05) is 11.5 Å². The van der Waals surface area contributed by atoms with Gasteiger partial charge in [0.25, 0.3) is 11.5 Å². The van der Waals surface area contributed by atoms with Gasteiger partial charge in [-0.3, -0.25) is 14.4 Å². The van der Waals surface area contributed by atoms with Gasteiger partial charge in [0, 0.05) is 24.0 Å². The summed E-state index contributed by atoms with van der Waals surface area (Å²) in [5, 5.41) is 0. The Kier molecular flexibility index (Phi) is 5.26. The molecule has 28 heavy (non-hydrogen) atoms. The third-order valence-corrected chi connectivity index (χ3v) is 4.44. The molecule has 0 unspecified atom stereocenters. The maximum atomic E-state index is 12.7. The zero-order valence-electron chi connectivity index (χ0n) is 14.9. The zero-order chi connectivity index (χ0) is 20.5. The SMILES string of the molecule is C[C@@H]1Cc2ccccc2N1C(=O)COC(=O)Cn1cc(C(F)(F)F)ccc1=O. The Morgan fingerprint density at radius 1 is 1.18 bits per heavy atom. The number of halogens is 3. The minimum Gasteiger partial charge on any atom is -0.454 e. The fraction of sp³-hybridized carbons (Fsp3) is 0.316. The summed E-state index contributed by atoms with van der Waals surface area (Å²) in [6.07, 6.45) is -3.42. The number of nitrogens with zero attached hydrogens (tertiary/aromatic N) is 2. The van der Waals surface area contributed by atoms with Crippen LogP contribution in [0.2, 0.25) is 0 Å². The van der Waals surface area contributed by atoms with Gasteiger partial charge >= 0.3 is 12.1 Å². The molecule has 1 aromatic heterocycles. The van der Waals surface area contributed by atoms with Gasteiger partial charge in [-0.25, -0.2) is 0 Å². The minimum atomic E-state index is -4.64. The molecular weight excluding hydrogens is 377 g/mol. The first-order valence-electron chi connectivity index (χ1n) is 8.50. The van der Waals surface area contributed by atoms with Crippen molar-refractivity contribution in [2.45, 2.75) is 32.1 Å². The van der Waals surface area contributed by atoms with Gasteiger partial charge in [-0.15, -0.1) is 0 Å². The highest BCUT2D eigenvalue weighted by atomic mass is 19.4. The van der Waals surface area contributed by atoms with E-state index in [4.69, 9.17) is 4.74 Å². The number of esters is 1. The van der Waals surface area contributed by atoms with E-state index in [0.717, 1.165) is 17.3 Å². The molecule has 0 aliphatic carbocycles. The fourth-order valence-corrected chi connectivity index (χ4v) is 3.16. The average Bonchev–Trinajstić information content (AvgIpc) is 2.96. The van der Waals surface area contributed by atoms with E-state index in [1.54, 1.807) is 12.1 Å². The third-order valence-electron chi connectivity index (χ3n) is 4.44. The second-order valence-electron chi connectivity index (χ2n) is 6.49. The van der Waals surface area contributed by atoms with Crippen molar-refractivity contribution in [3.63, 3.8) is 0 Å². The summed E-state index contributed by atoms with van der Waals surface area (Å²) < 4.78 is 43.7. The Balaban J connectivity index is 1.64. The topological polar surface area (TPSA) is 68.6 Å². The summed E-state index contributed by atoms with van der Waals surface area (Å²) in [6.45, 7) is 0.579. The second-order valence-corrected chi connectivity index (χ2v) is 6.49. The largest absolute Gasteiger partial charge is 0.454 e. The normalized spacial score (nSPS) is 16.0. The number of amides is 1. The van der Waals surface area contributed by atoms with Crippen molar-refractivity contribution >= 4 is 17.6 Å². The van der Waals surface area contributed by atoms with E-state index in [1.807, 2.05) is 19.1 Å². The predicted molar refractivity (Wildman–Crippen MR) is 93.8 cm³/mol. The Labute approximate surface area is 158 Å². The van der Waals surface area contributed by atoms with Gasteiger partial charge in [-0.2, -0.15) is 13.2 Å². The van der Waals surface area contributed by atoms with Crippen molar-refractivity contribution < 1.29 is 27.5 Å². The molecule has 3 rings (SSSR count). The van der Waals surface area contributed by atoms with Gasteiger partial charge in [0.05, 0.1) is 5.56 Å². The van der Waals surface area contributed by atoms with Gasteiger partial charge < -0.3 is 14.2 Å². The van der Waals surface area contributed by atoms with Crippen LogP contribution in [0.5, 0.6) is 0 Å². The van der Waals surface area contributed by atoms with E-state index >= 15 is 0 Å². The average molecular weight is 394 g/mol. The Bertz CT molecular complexity index is 968. The number of pyridine rings is 1. The number of hydrogen-bond acceptors (Lipinski definition) is 4. The first-order valence-corrected chi connectivity index (χ1v) is 8.50. The van der Waals surface area contributed by atoms with Crippen LogP contribution in [0.25, 0.3) is 0 Å². The molecule has 148 valence electrons. The Hall–Kier alpha value is -3.10. The van der Waals surface area contributed by atoms with Crippen LogP contribution in [-0.4, -0.2) is 29.1 Å². The zero-order valence-corrected chi connectivity index (χ0v) is 14.9. The number of benzene rings is 1. The second kappa shape index (κ2) is 7.49. The van der Waals surface area contributed by atoms with E-state index in [1.165, 1.54) is 4.90 Å². The van der Waals surface area contributed by atoms with Crippen LogP contribution >= 0.6 is 0 Å². The molecule has 1 aliphatic heterocycles. The molecule has 0 saturated heterocycles. The van der Waals surface area contributed by atoms with E-state index in [2.05, 4.69) is 0 Å². The number of anilines is 1. The Morgan fingerprint density at radius 3 is 2.61 bits per heavy atom. The molecule has 0 fully saturated rings. The molecule has 0 spiro atoms. The maximum absolute atomic E-state index is 12.7. The molecule has 0 radical (unpaired) electrons. The molecule has 1 aliphatic rings. The number of aromatic nitrogens is 1. The van der Waals surface area contributed by atoms with Gasteiger partial charge in [0.1, 0.15) is 6.54 Å². The molecule has 1 atom stereocenters. The molecule has 9 heteroatoms. The molecule has 6 nitrogen and oxygen atoms in total. The summed E-state index contributed by atoms with van der Waals surface area (Å²) in [5.74, 6) is -1.42. The van der Waals surface area contributed by atoms with Crippen molar-refractivity contribution in [1.29, 1.82) is 0 Å². The predicted octanol–water partition coefficient (Wildman–Crippen LogP) is 2.39. The van der Waals surface area contributed by atoms with Crippen LogP contribution < -0.4 is 10.5 Å². The summed E-state index contributed by atoms with van der Waals surface area (Å²) in [7, 11) is 0. The summed E-state index contributed by atoms with van der Waals surface area (Å²) in [5.41, 5.74) is -0.0906. The van der Waals surface area contributed by atoms with Gasteiger partial charge in [0.2, 0.25) is 0 Å². The summed E-state index contributed by atoms with van der Waals surface area (Å²) in [4.78, 5) is 37.6. The standard InChI is InChI=1S/C19H17F3N2O4/c1-12-8-13-4-2-3-5-15(13)24(12)17(26)11-28-18(27)10-23-9-14(19(20,21)22)6-7-16(23)25/h2-7,9,12H,8,10-11H2,1H3/t12-/m1/s1. The molecule has 1 amide bonds. The molecule has 2 heterocycles. The lowest BCUT2D eigenvalue weighted by atomic mass is 10.1. The number of rotatable bonds is 4. The van der Waals surface area contributed by atoms with Gasteiger partial charge in [-0.05, 0) is 31.0 Å². The van der Waals surface area contributed by atoms with Crippen LogP contribution in [-0.2, 0) is 33.5 Å². The van der Waals surface area contributed by atoms with E-state index < -0.39 is 42.3 Å². The van der Waals surface area contributed by atoms with Crippen LogP contribution in [0.4, 0.5) is 18.9 Å². The van der Waals surface area contributed by atoms with Crippen molar-refractivity contribution in [2.24, 2.45) is 0 Å². The van der Waals surface area contributed by atoms with E-state index in [9.17, 15) is 27.6 Å². The first-order chi connectivity index (χ1) is 13.2. The number of fused-ring (bicyclic) bond motifs is 1. The monoisotopic (exact) mass is 394 g/mol. The highest BCUT2D eigenvalue weighted by molar-refractivity contribution is 5.97. The number of ether oxygens (including phenoxy) is 1. The molecule has 0 N–H and O–H groups in total. The molecule has 0 saturated carbocycles. The van der Waals surface area contributed by atoms with Gasteiger partial charge in [-0.1, -0.05) is 18.2 Å². The lowest BCUT2D eigenvalue weighted by Gasteiger charge is -2.22. The quantitative estimate of drug-likeness (QED) is 0.747. The summed E-state index contributed by atoms with van der Waals surface area (Å²) >= 11 is 0. The molecular formula is C19H17F3N2O4. The summed E-state index contributed by atoms with van der Waals surface area (Å²) in [6, 6.07) is 8.63. The number of alkyl halides is 3. The lowest BCUT2D eigenvalue weighted by Crippen LogP contribution is -2.39. The van der Waals surface area contributed by atoms with Gasteiger partial charge in [0.15, 0.2) is 6.61 Å². The van der Waals surface area contributed by atoms with Crippen LogP contribution in [0.1, 0.15) is 18.1 Å².